The summed E-state index contributed by atoms with van der Waals surface area (Å²) in [7, 11) is 0. The molecule has 1 amide bonds. The molecule has 1 N–H and O–H groups in total. The van der Waals surface area contributed by atoms with Gasteiger partial charge in [-0.3, -0.25) is 14.2 Å². The van der Waals surface area contributed by atoms with Crippen LogP contribution < -0.4 is 10.9 Å². The topological polar surface area (TPSA) is 76.9 Å². The molecule has 0 saturated heterocycles. The van der Waals surface area contributed by atoms with Crippen LogP contribution in [-0.2, 0) is 17.9 Å². The molecule has 0 spiro atoms. The predicted octanol–water partition coefficient (Wildman–Crippen LogP) is 4.70. The summed E-state index contributed by atoms with van der Waals surface area (Å²) in [6.07, 6.45) is 1.42. The number of nitrogens with zero attached hydrogens (tertiary/aromatic N) is 3. The lowest BCUT2D eigenvalue weighted by molar-refractivity contribution is -0.121. The van der Waals surface area contributed by atoms with Gasteiger partial charge in [-0.15, -0.1) is 22.7 Å². The minimum absolute atomic E-state index is 0.0997. The zero-order chi connectivity index (χ0) is 21.4. The number of carbonyl (C=O) groups is 1. The molecule has 0 bridgehead atoms. The highest BCUT2D eigenvalue weighted by Crippen LogP contribution is 2.32. The zero-order valence-corrected chi connectivity index (χ0v) is 18.4. The number of fused-ring (bicyclic) bond motifs is 3. The molecular weight excluding hydrogens is 452 g/mol. The maximum absolute atomic E-state index is 13.0. The highest BCUT2D eigenvalue weighted by Gasteiger charge is 2.15. The average Bonchev–Trinajstić information content (AvgIpc) is 3.43. The van der Waals surface area contributed by atoms with Gasteiger partial charge in [0.2, 0.25) is 5.91 Å². The quantitative estimate of drug-likeness (QED) is 0.407. The first-order chi connectivity index (χ1) is 15.1. The van der Waals surface area contributed by atoms with E-state index in [-0.39, 0.29) is 18.0 Å². The maximum Gasteiger partial charge on any atom is 0.271 e. The van der Waals surface area contributed by atoms with Gasteiger partial charge in [-0.1, -0.05) is 29.8 Å². The van der Waals surface area contributed by atoms with E-state index in [2.05, 4.69) is 10.3 Å². The highest BCUT2D eigenvalue weighted by molar-refractivity contribution is 7.25. The SMILES string of the molecule is O=C(Cn1cnc2c(sc3nc(-c4cccs4)ccc32)c1=O)NCc1ccc(Cl)cc1. The summed E-state index contributed by atoms with van der Waals surface area (Å²) in [4.78, 5) is 36.3. The van der Waals surface area contributed by atoms with E-state index < -0.39 is 0 Å². The van der Waals surface area contributed by atoms with E-state index in [1.165, 1.54) is 22.2 Å². The summed E-state index contributed by atoms with van der Waals surface area (Å²) in [5.74, 6) is -0.266. The number of benzene rings is 1. The first kappa shape index (κ1) is 19.9. The van der Waals surface area contributed by atoms with E-state index >= 15 is 0 Å². The Kier molecular flexibility index (Phi) is 5.27. The molecule has 4 aromatic heterocycles. The Morgan fingerprint density at radius 3 is 2.74 bits per heavy atom. The second-order valence-corrected chi connectivity index (χ2v) is 9.27. The lowest BCUT2D eigenvalue weighted by Crippen LogP contribution is -2.31. The van der Waals surface area contributed by atoms with Crippen molar-refractivity contribution in [3.05, 3.63) is 81.2 Å². The fraction of sp³-hybridized carbons (Fsp3) is 0.0909. The van der Waals surface area contributed by atoms with Crippen molar-refractivity contribution in [2.24, 2.45) is 0 Å². The minimum Gasteiger partial charge on any atom is -0.350 e. The van der Waals surface area contributed by atoms with Crippen LogP contribution in [0.3, 0.4) is 0 Å². The fourth-order valence-electron chi connectivity index (χ4n) is 3.24. The number of hydrogen-bond donors (Lipinski definition) is 1. The van der Waals surface area contributed by atoms with Crippen LogP contribution in [0.25, 0.3) is 31.0 Å². The van der Waals surface area contributed by atoms with Gasteiger partial charge < -0.3 is 5.32 Å². The summed E-state index contributed by atoms with van der Waals surface area (Å²) in [6.45, 7) is 0.260. The smallest absolute Gasteiger partial charge is 0.271 e. The lowest BCUT2D eigenvalue weighted by Gasteiger charge is -2.07. The Labute approximate surface area is 189 Å². The largest absolute Gasteiger partial charge is 0.350 e. The van der Waals surface area contributed by atoms with Crippen molar-refractivity contribution in [3.63, 3.8) is 0 Å². The summed E-state index contributed by atoms with van der Waals surface area (Å²) < 4.78 is 1.83. The molecule has 31 heavy (non-hydrogen) atoms. The van der Waals surface area contributed by atoms with Crippen molar-refractivity contribution < 1.29 is 4.79 Å². The van der Waals surface area contributed by atoms with Gasteiger partial charge in [-0.25, -0.2) is 9.97 Å². The van der Waals surface area contributed by atoms with E-state index in [1.807, 2.05) is 41.8 Å². The van der Waals surface area contributed by atoms with E-state index in [0.29, 0.717) is 21.8 Å². The number of pyridine rings is 1. The lowest BCUT2D eigenvalue weighted by atomic mass is 10.2. The molecule has 0 aliphatic rings. The third-order valence-electron chi connectivity index (χ3n) is 4.80. The summed E-state index contributed by atoms with van der Waals surface area (Å²) >= 11 is 8.80. The van der Waals surface area contributed by atoms with Crippen LogP contribution >= 0.6 is 34.3 Å². The van der Waals surface area contributed by atoms with Gasteiger partial charge >= 0.3 is 0 Å². The Bertz CT molecular complexity index is 1460. The molecule has 0 aliphatic heterocycles. The summed E-state index contributed by atoms with van der Waals surface area (Å²) in [6, 6.07) is 15.1. The van der Waals surface area contributed by atoms with E-state index in [4.69, 9.17) is 16.6 Å². The molecule has 0 aliphatic carbocycles. The summed E-state index contributed by atoms with van der Waals surface area (Å²) in [5.41, 5.74) is 2.17. The molecule has 0 unspecified atom stereocenters. The molecule has 0 radical (unpaired) electrons. The van der Waals surface area contributed by atoms with Crippen LogP contribution in [0.5, 0.6) is 0 Å². The summed E-state index contributed by atoms with van der Waals surface area (Å²) in [5, 5.41) is 6.30. The Morgan fingerprint density at radius 1 is 1.13 bits per heavy atom. The van der Waals surface area contributed by atoms with Crippen LogP contribution in [-0.4, -0.2) is 20.4 Å². The number of nitrogens with one attached hydrogen (secondary N) is 1. The molecule has 0 fully saturated rings. The molecule has 0 saturated carbocycles. The molecule has 1 aromatic carbocycles. The Balaban J connectivity index is 1.40. The van der Waals surface area contributed by atoms with Crippen molar-refractivity contribution in [1.82, 2.24) is 19.9 Å². The van der Waals surface area contributed by atoms with E-state index in [0.717, 1.165) is 26.4 Å². The van der Waals surface area contributed by atoms with Crippen molar-refractivity contribution in [2.75, 3.05) is 0 Å². The van der Waals surface area contributed by atoms with Gasteiger partial charge in [0.05, 0.1) is 22.4 Å². The molecule has 4 heterocycles. The molecular formula is C22H15ClN4O2S2. The predicted molar refractivity (Wildman–Crippen MR) is 126 cm³/mol. The zero-order valence-electron chi connectivity index (χ0n) is 16.0. The van der Waals surface area contributed by atoms with Gasteiger partial charge in [0.15, 0.2) is 0 Å². The fourth-order valence-corrected chi connectivity index (χ4v) is 5.13. The maximum atomic E-state index is 13.0. The van der Waals surface area contributed by atoms with Gasteiger partial charge in [0.1, 0.15) is 16.1 Å². The van der Waals surface area contributed by atoms with Gasteiger partial charge in [0, 0.05) is 17.0 Å². The van der Waals surface area contributed by atoms with Crippen molar-refractivity contribution in [1.29, 1.82) is 0 Å². The Hall–Kier alpha value is -3.07. The van der Waals surface area contributed by atoms with Gasteiger partial charge in [-0.05, 0) is 41.3 Å². The van der Waals surface area contributed by atoms with Crippen LogP contribution in [0.1, 0.15) is 5.56 Å². The molecule has 6 nitrogen and oxygen atoms in total. The number of amides is 1. The monoisotopic (exact) mass is 466 g/mol. The third kappa shape index (κ3) is 3.97. The number of hydrogen-bond acceptors (Lipinski definition) is 6. The van der Waals surface area contributed by atoms with Crippen LogP contribution in [0.15, 0.2) is 65.0 Å². The van der Waals surface area contributed by atoms with Crippen LogP contribution in [0, 0.1) is 0 Å². The number of thiophene rings is 2. The molecule has 5 rings (SSSR count). The Morgan fingerprint density at radius 2 is 1.97 bits per heavy atom. The van der Waals surface area contributed by atoms with Gasteiger partial charge in [-0.2, -0.15) is 0 Å². The van der Waals surface area contributed by atoms with Gasteiger partial charge in [0.25, 0.3) is 5.56 Å². The molecule has 154 valence electrons. The number of halogens is 1. The second-order valence-electron chi connectivity index (χ2n) is 6.89. The third-order valence-corrected chi connectivity index (χ3v) is 7.02. The minimum atomic E-state index is -0.266. The average molecular weight is 467 g/mol. The van der Waals surface area contributed by atoms with Crippen LogP contribution in [0.2, 0.25) is 5.02 Å². The molecule has 5 aromatic rings. The van der Waals surface area contributed by atoms with Crippen LogP contribution in [0.4, 0.5) is 0 Å². The van der Waals surface area contributed by atoms with E-state index in [1.54, 1.807) is 23.5 Å². The van der Waals surface area contributed by atoms with Crippen molar-refractivity contribution in [3.8, 4) is 10.6 Å². The molecule has 0 atom stereocenters. The normalized spacial score (nSPS) is 11.3. The first-order valence-corrected chi connectivity index (χ1v) is 11.5. The van der Waals surface area contributed by atoms with Crippen molar-refractivity contribution in [2.45, 2.75) is 13.1 Å². The highest BCUT2D eigenvalue weighted by atomic mass is 35.5. The number of rotatable bonds is 5. The standard InChI is InChI=1S/C22H15ClN4O2S2/c23-14-5-3-13(4-6-14)10-24-18(28)11-27-12-25-19-15-7-8-16(17-2-1-9-30-17)26-21(15)31-20(19)22(27)29/h1-9,12H,10-11H2,(H,24,28). The number of carbonyl (C=O) groups excluding carboxylic acids is 1. The molecule has 9 heteroatoms. The first-order valence-electron chi connectivity index (χ1n) is 9.42. The van der Waals surface area contributed by atoms with Crippen molar-refractivity contribution >= 4 is 60.6 Å². The second kappa shape index (κ2) is 8.22. The number of aromatic nitrogens is 3. The van der Waals surface area contributed by atoms with E-state index in [9.17, 15) is 9.59 Å².